The van der Waals surface area contributed by atoms with Crippen molar-refractivity contribution in [3.05, 3.63) is 59.6 Å². The highest BCUT2D eigenvalue weighted by molar-refractivity contribution is 6.30. The summed E-state index contributed by atoms with van der Waals surface area (Å²) in [4.78, 5) is 24.5. The number of rotatable bonds is 4. The number of hydrogen-bond acceptors (Lipinski definition) is 3. The van der Waals surface area contributed by atoms with Crippen LogP contribution in [0.5, 0.6) is 0 Å². The van der Waals surface area contributed by atoms with Crippen LogP contribution in [0.2, 0.25) is 5.02 Å². The molecule has 0 saturated carbocycles. The molecule has 2 aromatic carbocycles. The van der Waals surface area contributed by atoms with Crippen molar-refractivity contribution in [2.45, 2.75) is 6.42 Å². The molecule has 2 aromatic rings. The molecule has 1 atom stereocenters. The summed E-state index contributed by atoms with van der Waals surface area (Å²) in [5.74, 6) is -0.660. The molecule has 23 heavy (non-hydrogen) atoms. The summed E-state index contributed by atoms with van der Waals surface area (Å²) < 4.78 is 0. The molecule has 0 radical (unpaired) electrons. The van der Waals surface area contributed by atoms with E-state index in [1.165, 1.54) is 5.01 Å². The molecule has 0 spiro atoms. The van der Waals surface area contributed by atoms with Crippen LogP contribution in [-0.4, -0.2) is 18.4 Å². The lowest BCUT2D eigenvalue weighted by Gasteiger charge is -2.16. The number of nitrogens with one attached hydrogen (secondary N) is 2. The summed E-state index contributed by atoms with van der Waals surface area (Å²) in [6.45, 7) is 0.446. The Morgan fingerprint density at radius 1 is 1.17 bits per heavy atom. The molecule has 2 amide bonds. The monoisotopic (exact) mass is 329 g/mol. The Morgan fingerprint density at radius 2 is 1.87 bits per heavy atom. The summed E-state index contributed by atoms with van der Waals surface area (Å²) in [6, 6.07) is 16.2. The van der Waals surface area contributed by atoms with Crippen molar-refractivity contribution >= 4 is 34.8 Å². The van der Waals surface area contributed by atoms with E-state index in [0.717, 1.165) is 5.69 Å². The normalized spacial score (nSPS) is 17.3. The van der Waals surface area contributed by atoms with E-state index in [4.69, 9.17) is 11.6 Å². The van der Waals surface area contributed by atoms with E-state index in [2.05, 4.69) is 10.7 Å². The van der Waals surface area contributed by atoms with Crippen LogP contribution in [0.15, 0.2) is 54.6 Å². The fourth-order valence-corrected chi connectivity index (χ4v) is 2.60. The van der Waals surface area contributed by atoms with Gasteiger partial charge in [-0.25, -0.2) is 10.4 Å². The smallest absolute Gasteiger partial charge is 0.246 e. The average Bonchev–Trinajstić information content (AvgIpc) is 2.91. The lowest BCUT2D eigenvalue weighted by atomic mass is 10.1. The van der Waals surface area contributed by atoms with Crippen molar-refractivity contribution in [3.8, 4) is 0 Å². The molecule has 1 heterocycles. The SMILES string of the molecule is O=C(CC1CNN(c2ccccc2)C1=O)Nc1ccc(Cl)cc1. The number of benzene rings is 2. The zero-order valence-corrected chi connectivity index (χ0v) is 13.1. The number of halogens is 1. The lowest BCUT2D eigenvalue weighted by molar-refractivity contribution is -0.124. The van der Waals surface area contributed by atoms with Crippen LogP contribution in [0.3, 0.4) is 0 Å². The van der Waals surface area contributed by atoms with Crippen LogP contribution in [0, 0.1) is 5.92 Å². The van der Waals surface area contributed by atoms with E-state index in [1.54, 1.807) is 24.3 Å². The van der Waals surface area contributed by atoms with E-state index in [1.807, 2.05) is 30.3 Å². The second-order valence-electron chi connectivity index (χ2n) is 5.33. The number of hydrazine groups is 1. The lowest BCUT2D eigenvalue weighted by Crippen LogP contribution is -2.34. The van der Waals surface area contributed by atoms with Crippen LogP contribution in [0.25, 0.3) is 0 Å². The van der Waals surface area contributed by atoms with Crippen molar-refractivity contribution in [2.24, 2.45) is 5.92 Å². The van der Waals surface area contributed by atoms with Gasteiger partial charge in [0.1, 0.15) is 0 Å². The largest absolute Gasteiger partial charge is 0.326 e. The van der Waals surface area contributed by atoms with Crippen molar-refractivity contribution in [3.63, 3.8) is 0 Å². The van der Waals surface area contributed by atoms with E-state index in [-0.39, 0.29) is 24.2 Å². The molecule has 5 nitrogen and oxygen atoms in total. The van der Waals surface area contributed by atoms with Gasteiger partial charge >= 0.3 is 0 Å². The van der Waals surface area contributed by atoms with Crippen LogP contribution in [-0.2, 0) is 9.59 Å². The van der Waals surface area contributed by atoms with Gasteiger partial charge < -0.3 is 5.32 Å². The standard InChI is InChI=1S/C17H16ClN3O2/c18-13-6-8-14(9-7-13)20-16(22)10-12-11-19-21(17(12)23)15-4-2-1-3-5-15/h1-9,12,19H,10-11H2,(H,20,22). The van der Waals surface area contributed by atoms with E-state index in [9.17, 15) is 9.59 Å². The highest BCUT2D eigenvalue weighted by atomic mass is 35.5. The molecule has 1 aliphatic rings. The highest BCUT2D eigenvalue weighted by Gasteiger charge is 2.33. The van der Waals surface area contributed by atoms with Gasteiger partial charge in [-0.1, -0.05) is 29.8 Å². The van der Waals surface area contributed by atoms with Crippen LogP contribution >= 0.6 is 11.6 Å². The zero-order chi connectivity index (χ0) is 16.2. The number of amides is 2. The minimum Gasteiger partial charge on any atom is -0.326 e. The fraction of sp³-hybridized carbons (Fsp3) is 0.176. The molecule has 0 bridgehead atoms. The fourth-order valence-electron chi connectivity index (χ4n) is 2.47. The summed E-state index contributed by atoms with van der Waals surface area (Å²) in [6.07, 6.45) is 0.137. The van der Waals surface area contributed by atoms with Crippen LogP contribution < -0.4 is 15.8 Å². The molecule has 3 rings (SSSR count). The molecule has 0 aliphatic carbocycles. The zero-order valence-electron chi connectivity index (χ0n) is 12.3. The van der Waals surface area contributed by atoms with E-state index < -0.39 is 0 Å². The second kappa shape index (κ2) is 6.81. The molecule has 118 valence electrons. The van der Waals surface area contributed by atoms with Crippen molar-refractivity contribution in [1.29, 1.82) is 0 Å². The summed E-state index contributed by atoms with van der Waals surface area (Å²) in [5, 5.41) is 4.88. The third-order valence-corrected chi connectivity index (χ3v) is 3.89. The van der Waals surface area contributed by atoms with Crippen molar-refractivity contribution in [1.82, 2.24) is 5.43 Å². The number of anilines is 2. The molecule has 0 aromatic heterocycles. The number of hydrogen-bond donors (Lipinski definition) is 2. The third kappa shape index (κ3) is 3.70. The number of nitrogens with zero attached hydrogens (tertiary/aromatic N) is 1. The minimum atomic E-state index is -0.373. The predicted octanol–water partition coefficient (Wildman–Crippen LogP) is 2.84. The maximum absolute atomic E-state index is 12.4. The Hall–Kier alpha value is -2.37. The molecule has 2 N–H and O–H groups in total. The maximum Gasteiger partial charge on any atom is 0.246 e. The van der Waals surface area contributed by atoms with Crippen LogP contribution in [0.4, 0.5) is 11.4 Å². The molecule has 1 unspecified atom stereocenters. The Morgan fingerprint density at radius 3 is 2.57 bits per heavy atom. The average molecular weight is 330 g/mol. The molecule has 1 aliphatic heterocycles. The van der Waals surface area contributed by atoms with Gasteiger partial charge in [0, 0.05) is 23.7 Å². The van der Waals surface area contributed by atoms with Crippen molar-refractivity contribution < 1.29 is 9.59 Å². The first-order chi connectivity index (χ1) is 11.1. The Bertz CT molecular complexity index is 704. The molecule has 1 fully saturated rings. The Balaban J connectivity index is 1.59. The number of carbonyl (C=O) groups is 2. The van der Waals surface area contributed by atoms with Crippen molar-refractivity contribution in [2.75, 3.05) is 16.9 Å². The van der Waals surface area contributed by atoms with Gasteiger partial charge in [-0.3, -0.25) is 9.59 Å². The molecular formula is C17H16ClN3O2. The van der Waals surface area contributed by atoms with Crippen LogP contribution in [0.1, 0.15) is 6.42 Å². The second-order valence-corrected chi connectivity index (χ2v) is 5.76. The first kappa shape index (κ1) is 15.5. The van der Waals surface area contributed by atoms with Gasteiger partial charge in [-0.05, 0) is 36.4 Å². The quantitative estimate of drug-likeness (QED) is 0.906. The molecule has 1 saturated heterocycles. The minimum absolute atomic E-state index is 0.0949. The van der Waals surface area contributed by atoms with Gasteiger partial charge in [0.15, 0.2) is 0 Å². The van der Waals surface area contributed by atoms with Gasteiger partial charge in [0.05, 0.1) is 11.6 Å². The molecule has 6 heteroatoms. The van der Waals surface area contributed by atoms with Gasteiger partial charge in [-0.2, -0.15) is 0 Å². The topological polar surface area (TPSA) is 61.4 Å². The first-order valence-electron chi connectivity index (χ1n) is 7.31. The van der Waals surface area contributed by atoms with Gasteiger partial charge in [0.25, 0.3) is 0 Å². The Labute approximate surface area is 139 Å². The first-order valence-corrected chi connectivity index (χ1v) is 7.69. The third-order valence-electron chi connectivity index (χ3n) is 3.64. The number of para-hydroxylation sites is 1. The summed E-state index contributed by atoms with van der Waals surface area (Å²) in [5.41, 5.74) is 4.48. The van der Waals surface area contributed by atoms with Gasteiger partial charge in [-0.15, -0.1) is 0 Å². The highest BCUT2D eigenvalue weighted by Crippen LogP contribution is 2.21. The summed E-state index contributed by atoms with van der Waals surface area (Å²) >= 11 is 5.81. The maximum atomic E-state index is 12.4. The van der Waals surface area contributed by atoms with Gasteiger partial charge in [0.2, 0.25) is 11.8 Å². The van der Waals surface area contributed by atoms with E-state index in [0.29, 0.717) is 17.3 Å². The van der Waals surface area contributed by atoms with E-state index >= 15 is 0 Å². The predicted molar refractivity (Wildman–Crippen MR) is 90.1 cm³/mol. The summed E-state index contributed by atoms with van der Waals surface area (Å²) in [7, 11) is 0. The number of carbonyl (C=O) groups excluding carboxylic acids is 2. The molecular weight excluding hydrogens is 314 g/mol. The Kier molecular flexibility index (Phi) is 4.60.